The van der Waals surface area contributed by atoms with E-state index < -0.39 is 0 Å². The van der Waals surface area contributed by atoms with Crippen molar-refractivity contribution < 1.29 is 0 Å². The summed E-state index contributed by atoms with van der Waals surface area (Å²) in [6.07, 6.45) is 0. The summed E-state index contributed by atoms with van der Waals surface area (Å²) >= 11 is 0. The molecule has 0 aromatic heterocycles. The highest BCUT2D eigenvalue weighted by Crippen LogP contribution is 2.46. The van der Waals surface area contributed by atoms with Crippen molar-refractivity contribution in [2.75, 3.05) is 0 Å². The van der Waals surface area contributed by atoms with Crippen LogP contribution >= 0.6 is 0 Å². The van der Waals surface area contributed by atoms with Crippen LogP contribution in [0.4, 0.5) is 0 Å². The van der Waals surface area contributed by atoms with Crippen molar-refractivity contribution in [3.8, 4) is 33.4 Å². The Morgan fingerprint density at radius 2 is 0.479 bits per heavy atom. The Balaban J connectivity index is 1.16. The summed E-state index contributed by atoms with van der Waals surface area (Å²) in [6, 6.07) is 63.4. The number of benzene rings is 11. The minimum Gasteiger partial charge on any atom is -0.0616 e. The molecule has 48 heavy (non-hydrogen) atoms. The van der Waals surface area contributed by atoms with E-state index in [1.165, 1.54) is 109 Å². The van der Waals surface area contributed by atoms with Crippen LogP contribution in [0.25, 0.3) is 109 Å². The minimum absolute atomic E-state index is 1.26. The van der Waals surface area contributed by atoms with Gasteiger partial charge < -0.3 is 0 Å². The van der Waals surface area contributed by atoms with Crippen molar-refractivity contribution in [1.82, 2.24) is 0 Å². The zero-order valence-electron chi connectivity index (χ0n) is 26.2. The van der Waals surface area contributed by atoms with Gasteiger partial charge in [-0.05, 0) is 109 Å². The van der Waals surface area contributed by atoms with Crippen LogP contribution in [-0.4, -0.2) is 0 Å². The fourth-order valence-electron chi connectivity index (χ4n) is 8.66. The number of hydrogen-bond donors (Lipinski definition) is 0. The van der Waals surface area contributed by atoms with Gasteiger partial charge in [-0.3, -0.25) is 0 Å². The fraction of sp³-hybridized carbons (Fsp3) is 0. The van der Waals surface area contributed by atoms with E-state index in [1.54, 1.807) is 0 Å². The van der Waals surface area contributed by atoms with E-state index in [-0.39, 0.29) is 0 Å². The summed E-state index contributed by atoms with van der Waals surface area (Å²) in [5.74, 6) is 0. The van der Waals surface area contributed by atoms with Gasteiger partial charge in [-0.15, -0.1) is 0 Å². The molecule has 0 radical (unpaired) electrons. The van der Waals surface area contributed by atoms with Gasteiger partial charge in [-0.2, -0.15) is 0 Å². The average Bonchev–Trinajstić information content (AvgIpc) is 3.15. The van der Waals surface area contributed by atoms with Gasteiger partial charge in [-0.25, -0.2) is 0 Å². The molecule has 0 aliphatic rings. The summed E-state index contributed by atoms with van der Waals surface area (Å²) in [5, 5.41) is 18.4. The van der Waals surface area contributed by atoms with E-state index in [2.05, 4.69) is 170 Å². The second kappa shape index (κ2) is 9.64. The summed E-state index contributed by atoms with van der Waals surface area (Å²) < 4.78 is 0. The third-order valence-electron chi connectivity index (χ3n) is 10.8. The Morgan fingerprint density at radius 3 is 0.958 bits per heavy atom. The number of fused-ring (bicyclic) bond motifs is 1. The summed E-state index contributed by atoms with van der Waals surface area (Å²) in [6.45, 7) is 0. The molecule has 0 heterocycles. The van der Waals surface area contributed by atoms with Gasteiger partial charge in [0, 0.05) is 0 Å². The van der Waals surface area contributed by atoms with E-state index >= 15 is 0 Å². The third-order valence-corrected chi connectivity index (χ3v) is 10.8. The van der Waals surface area contributed by atoms with Crippen LogP contribution in [0.5, 0.6) is 0 Å². The highest BCUT2D eigenvalue weighted by Gasteiger charge is 2.18. The van der Waals surface area contributed by atoms with Gasteiger partial charge in [-0.1, -0.05) is 170 Å². The largest absolute Gasteiger partial charge is 0.0616 e. The maximum atomic E-state index is 2.35. The van der Waals surface area contributed by atoms with Gasteiger partial charge in [0.25, 0.3) is 0 Å². The molecule has 0 nitrogen and oxygen atoms in total. The monoisotopic (exact) mass is 604 g/mol. The molecule has 11 rings (SSSR count). The van der Waals surface area contributed by atoms with Crippen molar-refractivity contribution >= 4 is 75.4 Å². The van der Waals surface area contributed by atoms with Gasteiger partial charge in [0.2, 0.25) is 0 Å². The summed E-state index contributed by atoms with van der Waals surface area (Å²) in [5.41, 5.74) is 7.60. The predicted molar refractivity (Wildman–Crippen MR) is 208 cm³/mol. The quantitative estimate of drug-likeness (QED) is 0.176. The molecule has 0 unspecified atom stereocenters. The Hall–Kier alpha value is -6.24. The van der Waals surface area contributed by atoms with Crippen LogP contribution in [-0.2, 0) is 0 Å². The molecule has 0 atom stereocenters. The van der Waals surface area contributed by atoms with E-state index in [0.717, 1.165) is 0 Å². The molecular formula is C48H28. The van der Waals surface area contributed by atoms with Crippen molar-refractivity contribution in [3.05, 3.63) is 170 Å². The lowest BCUT2D eigenvalue weighted by Gasteiger charge is -2.19. The average molecular weight is 605 g/mol. The Bertz CT molecular complexity index is 3020. The zero-order valence-corrected chi connectivity index (χ0v) is 26.2. The first-order valence-corrected chi connectivity index (χ1v) is 16.8. The molecule has 11 aromatic rings. The Morgan fingerprint density at radius 1 is 0.167 bits per heavy atom. The summed E-state index contributed by atoms with van der Waals surface area (Å²) in [7, 11) is 0. The van der Waals surface area contributed by atoms with Crippen LogP contribution in [0.15, 0.2) is 170 Å². The third kappa shape index (κ3) is 3.49. The molecule has 0 aliphatic heterocycles. The first-order chi connectivity index (χ1) is 23.8. The molecule has 220 valence electrons. The van der Waals surface area contributed by atoms with E-state index in [9.17, 15) is 0 Å². The maximum Gasteiger partial charge on any atom is -0.00206 e. The molecule has 0 saturated heterocycles. The van der Waals surface area contributed by atoms with Crippen molar-refractivity contribution in [1.29, 1.82) is 0 Å². The lowest BCUT2D eigenvalue weighted by atomic mass is 9.84. The highest BCUT2D eigenvalue weighted by atomic mass is 14.2. The molecule has 0 saturated carbocycles. The smallest absolute Gasteiger partial charge is 0.00206 e. The van der Waals surface area contributed by atoms with E-state index in [4.69, 9.17) is 0 Å². The Labute approximate surface area is 277 Å². The van der Waals surface area contributed by atoms with Crippen molar-refractivity contribution in [3.63, 3.8) is 0 Å². The molecule has 0 spiro atoms. The second-order valence-corrected chi connectivity index (χ2v) is 13.2. The summed E-state index contributed by atoms with van der Waals surface area (Å²) in [4.78, 5) is 0. The topological polar surface area (TPSA) is 0 Å². The molecule has 0 heteroatoms. The number of hydrogen-bond acceptors (Lipinski definition) is 0. The van der Waals surface area contributed by atoms with E-state index in [0.29, 0.717) is 0 Å². The number of rotatable bonds is 3. The molecule has 0 amide bonds. The van der Waals surface area contributed by atoms with Crippen molar-refractivity contribution in [2.45, 2.75) is 0 Å². The van der Waals surface area contributed by atoms with Gasteiger partial charge in [0.1, 0.15) is 0 Å². The van der Waals surface area contributed by atoms with E-state index in [1.807, 2.05) is 0 Å². The minimum atomic E-state index is 1.26. The van der Waals surface area contributed by atoms with Gasteiger partial charge in [0.15, 0.2) is 0 Å². The van der Waals surface area contributed by atoms with Gasteiger partial charge >= 0.3 is 0 Å². The zero-order chi connectivity index (χ0) is 31.3. The molecule has 11 aromatic carbocycles. The molecule has 0 N–H and O–H groups in total. The normalized spacial score (nSPS) is 12.2. The fourth-order valence-corrected chi connectivity index (χ4v) is 8.66. The van der Waals surface area contributed by atoms with Crippen molar-refractivity contribution in [2.24, 2.45) is 0 Å². The molecule has 0 fully saturated rings. The predicted octanol–water partition coefficient (Wildman–Crippen LogP) is 13.6. The van der Waals surface area contributed by atoms with Crippen LogP contribution in [0.3, 0.4) is 0 Å². The van der Waals surface area contributed by atoms with Crippen LogP contribution < -0.4 is 0 Å². The molecule has 0 aliphatic carbocycles. The van der Waals surface area contributed by atoms with Crippen LogP contribution in [0, 0.1) is 0 Å². The van der Waals surface area contributed by atoms with Crippen LogP contribution in [0.1, 0.15) is 0 Å². The first kappa shape index (κ1) is 25.9. The highest BCUT2D eigenvalue weighted by molar-refractivity contribution is 6.27. The first-order valence-electron chi connectivity index (χ1n) is 16.8. The Kier molecular flexibility index (Phi) is 5.20. The second-order valence-electron chi connectivity index (χ2n) is 13.2. The standard InChI is InChI=1S/C48H28/c1-2-12-36-35(11-1)39(27-28-40(36)42-24-20-34-18-16-30-8-6-10-32-22-26-44(42)48(34)46(30)32)37-13-3-4-14-38(37)41-23-19-33-17-15-29-7-5-9-31-21-25-43(41)47(33)45(29)31/h1-28H. The maximum absolute atomic E-state index is 2.35. The lowest BCUT2D eigenvalue weighted by molar-refractivity contribution is 1.62. The van der Waals surface area contributed by atoms with Gasteiger partial charge in [0.05, 0.1) is 0 Å². The molecular weight excluding hydrogens is 577 g/mol. The lowest BCUT2D eigenvalue weighted by Crippen LogP contribution is -1.92. The molecule has 0 bridgehead atoms. The SMILES string of the molecule is c1ccc(-c2ccc3ccc4cccc5ccc2c3c45)c(-c2ccc(-c3ccc4ccc5cccc6ccc3c4c56)c3ccccc23)c1. The van der Waals surface area contributed by atoms with Crippen LogP contribution in [0.2, 0.25) is 0 Å².